The molecule has 7 nitrogen and oxygen atoms in total. The minimum Gasteiger partial charge on any atom is -0.493 e. The van der Waals surface area contributed by atoms with Gasteiger partial charge in [-0.1, -0.05) is 12.1 Å². The van der Waals surface area contributed by atoms with E-state index in [1.54, 1.807) is 7.11 Å². The summed E-state index contributed by atoms with van der Waals surface area (Å²) in [6.45, 7) is 7.64. The molecular formula is C22H32N4O3. The minimum absolute atomic E-state index is 0.0413. The van der Waals surface area contributed by atoms with Crippen LogP contribution in [-0.4, -0.2) is 92.2 Å². The Bertz CT molecular complexity index is 773. The molecule has 29 heavy (non-hydrogen) atoms. The van der Waals surface area contributed by atoms with Crippen molar-refractivity contribution in [2.45, 2.75) is 18.6 Å². The van der Waals surface area contributed by atoms with E-state index in [1.807, 2.05) is 30.6 Å². The quantitative estimate of drug-likeness (QED) is 0.633. The number of piperazine rings is 1. The molecule has 0 amide bonds. The zero-order valence-corrected chi connectivity index (χ0v) is 17.5. The topological polar surface area (TPSA) is 52.0 Å². The first-order valence-electron chi connectivity index (χ1n) is 10.5. The smallest absolute Gasteiger partial charge is 0.144 e. The summed E-state index contributed by atoms with van der Waals surface area (Å²) in [5.41, 5.74) is 1.01. The second kappa shape index (κ2) is 9.71. The van der Waals surface area contributed by atoms with Gasteiger partial charge in [0.15, 0.2) is 0 Å². The number of benzene rings is 1. The zero-order valence-electron chi connectivity index (χ0n) is 17.5. The number of para-hydroxylation sites is 1. The number of imidazole rings is 1. The van der Waals surface area contributed by atoms with Crippen molar-refractivity contribution >= 4 is 0 Å². The van der Waals surface area contributed by atoms with E-state index in [1.165, 1.54) is 0 Å². The molecule has 2 aromatic rings. The molecule has 0 unspecified atom stereocenters. The van der Waals surface area contributed by atoms with Gasteiger partial charge in [0.1, 0.15) is 17.7 Å². The molecule has 3 heterocycles. The fraction of sp³-hybridized carbons (Fsp3) is 0.591. The van der Waals surface area contributed by atoms with Gasteiger partial charge < -0.3 is 28.6 Å². The van der Waals surface area contributed by atoms with Crippen molar-refractivity contribution in [1.29, 1.82) is 0 Å². The normalized spacial score (nSPS) is 23.5. The standard InChI is InChI=1S/C22H32N4O3/c1-24-11-13-25(14-12-24)9-5-15-29-20-7-4-3-6-18(20)22-23-8-10-26(22)19-16-28-17-21(19)27-2/h3-4,6-8,10,19,21H,5,9,11-17H2,1-2H3/t19-,21-/m0/s1. The molecule has 0 spiro atoms. The van der Waals surface area contributed by atoms with Crippen LogP contribution in [0.4, 0.5) is 0 Å². The Balaban J connectivity index is 1.40. The van der Waals surface area contributed by atoms with Crippen LogP contribution in [0.1, 0.15) is 12.5 Å². The Morgan fingerprint density at radius 1 is 1.14 bits per heavy atom. The van der Waals surface area contributed by atoms with Gasteiger partial charge in [-0.15, -0.1) is 0 Å². The highest BCUT2D eigenvalue weighted by Crippen LogP contribution is 2.33. The lowest BCUT2D eigenvalue weighted by atomic mass is 10.1. The van der Waals surface area contributed by atoms with E-state index in [4.69, 9.17) is 14.2 Å². The van der Waals surface area contributed by atoms with Gasteiger partial charge >= 0.3 is 0 Å². The van der Waals surface area contributed by atoms with E-state index in [0.29, 0.717) is 19.8 Å². The van der Waals surface area contributed by atoms with E-state index >= 15 is 0 Å². The first-order chi connectivity index (χ1) is 14.3. The van der Waals surface area contributed by atoms with Gasteiger partial charge in [0, 0.05) is 52.2 Å². The summed E-state index contributed by atoms with van der Waals surface area (Å²) >= 11 is 0. The molecule has 0 aliphatic carbocycles. The summed E-state index contributed by atoms with van der Waals surface area (Å²) in [5, 5.41) is 0. The van der Waals surface area contributed by atoms with Crippen molar-refractivity contribution in [1.82, 2.24) is 19.4 Å². The molecule has 0 N–H and O–H groups in total. The average molecular weight is 401 g/mol. The summed E-state index contributed by atoms with van der Waals surface area (Å²) in [6.07, 6.45) is 4.91. The Labute approximate surface area is 173 Å². The Hall–Kier alpha value is -1.93. The van der Waals surface area contributed by atoms with Gasteiger partial charge in [0.2, 0.25) is 0 Å². The third kappa shape index (κ3) is 4.80. The summed E-state index contributed by atoms with van der Waals surface area (Å²) in [6, 6.07) is 8.28. The molecule has 0 bridgehead atoms. The summed E-state index contributed by atoms with van der Waals surface area (Å²) < 4.78 is 19.6. The Morgan fingerprint density at radius 2 is 1.97 bits per heavy atom. The zero-order chi connectivity index (χ0) is 20.1. The molecule has 4 rings (SSSR count). The lowest BCUT2D eigenvalue weighted by Gasteiger charge is -2.32. The van der Waals surface area contributed by atoms with Crippen molar-refractivity contribution in [2.24, 2.45) is 0 Å². The van der Waals surface area contributed by atoms with Crippen LogP contribution in [0, 0.1) is 0 Å². The number of ether oxygens (including phenoxy) is 3. The lowest BCUT2D eigenvalue weighted by molar-refractivity contribution is 0.0688. The van der Waals surface area contributed by atoms with Crippen LogP contribution in [0.5, 0.6) is 5.75 Å². The van der Waals surface area contributed by atoms with Crippen molar-refractivity contribution in [3.63, 3.8) is 0 Å². The van der Waals surface area contributed by atoms with Gasteiger partial charge in [-0.2, -0.15) is 0 Å². The van der Waals surface area contributed by atoms with E-state index < -0.39 is 0 Å². The van der Waals surface area contributed by atoms with Crippen LogP contribution in [0.3, 0.4) is 0 Å². The Kier molecular flexibility index (Phi) is 6.82. The van der Waals surface area contributed by atoms with Crippen molar-refractivity contribution in [2.75, 3.05) is 66.7 Å². The maximum Gasteiger partial charge on any atom is 0.144 e. The highest BCUT2D eigenvalue weighted by molar-refractivity contribution is 5.64. The van der Waals surface area contributed by atoms with Crippen LogP contribution in [0.25, 0.3) is 11.4 Å². The van der Waals surface area contributed by atoms with Crippen molar-refractivity contribution < 1.29 is 14.2 Å². The highest BCUT2D eigenvalue weighted by atomic mass is 16.5. The summed E-state index contributed by atoms with van der Waals surface area (Å²) in [7, 11) is 3.92. The molecule has 158 valence electrons. The highest BCUT2D eigenvalue weighted by Gasteiger charge is 2.31. The van der Waals surface area contributed by atoms with Gasteiger partial charge in [-0.25, -0.2) is 4.98 Å². The third-order valence-electron chi connectivity index (χ3n) is 5.93. The number of aromatic nitrogens is 2. The maximum absolute atomic E-state index is 6.19. The van der Waals surface area contributed by atoms with Gasteiger partial charge in [0.05, 0.1) is 31.4 Å². The monoisotopic (exact) mass is 400 g/mol. The summed E-state index contributed by atoms with van der Waals surface area (Å²) in [5.74, 6) is 1.78. The van der Waals surface area contributed by atoms with Crippen LogP contribution >= 0.6 is 0 Å². The van der Waals surface area contributed by atoms with E-state index in [9.17, 15) is 0 Å². The van der Waals surface area contributed by atoms with Crippen LogP contribution in [0.2, 0.25) is 0 Å². The number of hydrogen-bond acceptors (Lipinski definition) is 6. The minimum atomic E-state index is 0.0413. The van der Waals surface area contributed by atoms with Crippen LogP contribution in [-0.2, 0) is 9.47 Å². The molecule has 0 radical (unpaired) electrons. The number of hydrogen-bond donors (Lipinski definition) is 0. The summed E-state index contributed by atoms with van der Waals surface area (Å²) in [4.78, 5) is 9.53. The molecular weight excluding hydrogens is 368 g/mol. The first-order valence-corrected chi connectivity index (χ1v) is 10.5. The van der Waals surface area contributed by atoms with Gasteiger partial charge in [-0.3, -0.25) is 0 Å². The molecule has 0 saturated carbocycles. The largest absolute Gasteiger partial charge is 0.493 e. The predicted octanol–water partition coefficient (Wildman–Crippen LogP) is 2.15. The van der Waals surface area contributed by atoms with Crippen LogP contribution in [0.15, 0.2) is 36.7 Å². The number of likely N-dealkylation sites (N-methyl/N-ethyl adjacent to an activating group) is 1. The fourth-order valence-electron chi connectivity index (χ4n) is 4.12. The molecule has 2 atom stereocenters. The molecule has 1 aromatic heterocycles. The predicted molar refractivity (Wildman–Crippen MR) is 112 cm³/mol. The molecule has 2 aliphatic heterocycles. The van der Waals surface area contributed by atoms with Crippen molar-refractivity contribution in [3.05, 3.63) is 36.7 Å². The molecule has 1 aromatic carbocycles. The number of rotatable bonds is 8. The SMILES string of the molecule is CO[C@H]1COC[C@@H]1n1ccnc1-c1ccccc1OCCCN1CCN(C)CC1. The second-order valence-corrected chi connectivity index (χ2v) is 7.88. The molecule has 2 fully saturated rings. The third-order valence-corrected chi connectivity index (χ3v) is 5.93. The van der Waals surface area contributed by atoms with Crippen molar-refractivity contribution in [3.8, 4) is 17.1 Å². The molecule has 2 aliphatic rings. The molecule has 7 heteroatoms. The van der Waals surface area contributed by atoms with Gasteiger partial charge in [0.25, 0.3) is 0 Å². The van der Waals surface area contributed by atoms with Gasteiger partial charge in [-0.05, 0) is 25.6 Å². The average Bonchev–Trinajstić information content (AvgIpc) is 3.41. The molecule has 2 saturated heterocycles. The fourth-order valence-corrected chi connectivity index (χ4v) is 4.12. The van der Waals surface area contributed by atoms with E-state index in [-0.39, 0.29) is 12.1 Å². The van der Waals surface area contributed by atoms with E-state index in [0.717, 1.165) is 56.3 Å². The maximum atomic E-state index is 6.19. The second-order valence-electron chi connectivity index (χ2n) is 7.88. The van der Waals surface area contributed by atoms with E-state index in [2.05, 4.69) is 32.5 Å². The lowest BCUT2D eigenvalue weighted by Crippen LogP contribution is -2.44. The Morgan fingerprint density at radius 3 is 2.79 bits per heavy atom. The first kappa shape index (κ1) is 20.3. The number of methoxy groups -OCH3 is 1. The number of nitrogens with zero attached hydrogens (tertiary/aromatic N) is 4. The van der Waals surface area contributed by atoms with Crippen LogP contribution < -0.4 is 4.74 Å².